The van der Waals surface area contributed by atoms with E-state index in [0.29, 0.717) is 5.41 Å². The molecule has 18 heavy (non-hydrogen) atoms. The van der Waals surface area contributed by atoms with Crippen molar-refractivity contribution in [2.75, 3.05) is 13.1 Å². The first kappa shape index (κ1) is 14.4. The minimum Gasteiger partial charge on any atom is -0.316 e. The third kappa shape index (κ3) is 3.10. The summed E-state index contributed by atoms with van der Waals surface area (Å²) in [7, 11) is 0. The van der Waals surface area contributed by atoms with Gasteiger partial charge in [0, 0.05) is 0 Å². The average Bonchev–Trinajstić information content (AvgIpc) is 2.28. The zero-order valence-corrected chi connectivity index (χ0v) is 13.0. The van der Waals surface area contributed by atoms with E-state index in [1.165, 1.54) is 51.6 Å². The summed E-state index contributed by atoms with van der Waals surface area (Å²) >= 11 is 0. The molecule has 3 atom stereocenters. The number of hydrogen-bond donors (Lipinski definition) is 1. The lowest BCUT2D eigenvalue weighted by Gasteiger charge is -2.51. The highest BCUT2D eigenvalue weighted by atomic mass is 14.9. The maximum Gasteiger partial charge on any atom is -0.00127 e. The lowest BCUT2D eigenvalue weighted by Crippen LogP contribution is -2.49. The summed E-state index contributed by atoms with van der Waals surface area (Å²) in [4.78, 5) is 0. The Balaban J connectivity index is 2.07. The van der Waals surface area contributed by atoms with Crippen LogP contribution in [0.1, 0.15) is 66.2 Å². The molecule has 1 N–H and O–H groups in total. The van der Waals surface area contributed by atoms with Crippen molar-refractivity contribution in [1.82, 2.24) is 5.32 Å². The van der Waals surface area contributed by atoms with Crippen LogP contribution in [0.5, 0.6) is 0 Å². The number of hydrogen-bond acceptors (Lipinski definition) is 1. The lowest BCUT2D eigenvalue weighted by atomic mass is 9.57. The maximum atomic E-state index is 3.64. The fraction of sp³-hybridized carbons (Fsp3) is 1.00. The Morgan fingerprint density at radius 1 is 1.17 bits per heavy atom. The SMILES string of the molecule is CC(C)CC1CCCC2(CCNCC2C(C)C)C1. The van der Waals surface area contributed by atoms with Crippen LogP contribution in [0, 0.1) is 29.1 Å². The summed E-state index contributed by atoms with van der Waals surface area (Å²) < 4.78 is 0. The standard InChI is InChI=1S/C17H33N/c1-13(2)10-15-6-5-7-17(11-15)8-9-18-12-16(17)14(3)4/h13-16,18H,5-12H2,1-4H3. The van der Waals surface area contributed by atoms with Gasteiger partial charge in [-0.15, -0.1) is 0 Å². The molecule has 0 radical (unpaired) electrons. The molecule has 1 heterocycles. The molecule has 0 aromatic rings. The highest BCUT2D eigenvalue weighted by Crippen LogP contribution is 2.51. The van der Waals surface area contributed by atoms with Gasteiger partial charge in [-0.1, -0.05) is 40.5 Å². The van der Waals surface area contributed by atoms with Crippen LogP contribution in [0.3, 0.4) is 0 Å². The van der Waals surface area contributed by atoms with Gasteiger partial charge in [0.2, 0.25) is 0 Å². The zero-order valence-electron chi connectivity index (χ0n) is 13.0. The topological polar surface area (TPSA) is 12.0 Å². The average molecular weight is 251 g/mol. The Labute approximate surface area is 114 Å². The van der Waals surface area contributed by atoms with E-state index < -0.39 is 0 Å². The van der Waals surface area contributed by atoms with Gasteiger partial charge in [0.1, 0.15) is 0 Å². The lowest BCUT2D eigenvalue weighted by molar-refractivity contribution is 0.00450. The molecular formula is C17H33N. The van der Waals surface area contributed by atoms with Crippen LogP contribution in [0.25, 0.3) is 0 Å². The van der Waals surface area contributed by atoms with Crippen molar-refractivity contribution in [3.8, 4) is 0 Å². The third-order valence-electron chi connectivity index (χ3n) is 5.54. The van der Waals surface area contributed by atoms with Crippen molar-refractivity contribution in [2.45, 2.75) is 66.2 Å². The van der Waals surface area contributed by atoms with Gasteiger partial charge in [-0.25, -0.2) is 0 Å². The molecular weight excluding hydrogens is 218 g/mol. The summed E-state index contributed by atoms with van der Waals surface area (Å²) in [6, 6.07) is 0. The predicted octanol–water partition coefficient (Wildman–Crippen LogP) is 4.47. The van der Waals surface area contributed by atoms with Crippen molar-refractivity contribution >= 4 is 0 Å². The highest BCUT2D eigenvalue weighted by Gasteiger charge is 2.44. The van der Waals surface area contributed by atoms with Gasteiger partial charge in [0.05, 0.1) is 0 Å². The first-order chi connectivity index (χ1) is 8.53. The minimum atomic E-state index is 0.692. The van der Waals surface area contributed by atoms with Gasteiger partial charge in [0.15, 0.2) is 0 Å². The van der Waals surface area contributed by atoms with Crippen LogP contribution in [0.2, 0.25) is 0 Å². The van der Waals surface area contributed by atoms with Gasteiger partial charge in [0.25, 0.3) is 0 Å². The Kier molecular flexibility index (Phi) is 4.75. The van der Waals surface area contributed by atoms with Crippen molar-refractivity contribution in [2.24, 2.45) is 29.1 Å². The smallest absolute Gasteiger partial charge is 0.00127 e. The van der Waals surface area contributed by atoms with Gasteiger partial charge >= 0.3 is 0 Å². The van der Waals surface area contributed by atoms with E-state index >= 15 is 0 Å². The van der Waals surface area contributed by atoms with Crippen LogP contribution < -0.4 is 5.32 Å². The van der Waals surface area contributed by atoms with Gasteiger partial charge in [-0.2, -0.15) is 0 Å². The quantitative estimate of drug-likeness (QED) is 0.780. The van der Waals surface area contributed by atoms with E-state index in [9.17, 15) is 0 Å². The second-order valence-electron chi connectivity index (χ2n) is 7.76. The molecule has 0 bridgehead atoms. The van der Waals surface area contributed by atoms with Crippen molar-refractivity contribution in [3.63, 3.8) is 0 Å². The molecule has 2 aliphatic rings. The summed E-state index contributed by atoms with van der Waals surface area (Å²) in [6.07, 6.45) is 8.91. The number of rotatable bonds is 3. The molecule has 1 aliphatic heterocycles. The molecule has 2 fully saturated rings. The summed E-state index contributed by atoms with van der Waals surface area (Å²) in [5.41, 5.74) is 0.692. The Morgan fingerprint density at radius 2 is 1.94 bits per heavy atom. The van der Waals surface area contributed by atoms with Crippen molar-refractivity contribution in [1.29, 1.82) is 0 Å². The molecule has 1 spiro atoms. The van der Waals surface area contributed by atoms with E-state index in [1.807, 2.05) is 0 Å². The molecule has 1 saturated heterocycles. The van der Waals surface area contributed by atoms with Gasteiger partial charge in [-0.05, 0) is 67.9 Å². The van der Waals surface area contributed by atoms with E-state index in [-0.39, 0.29) is 0 Å². The second-order valence-corrected chi connectivity index (χ2v) is 7.76. The highest BCUT2D eigenvalue weighted by molar-refractivity contribution is 4.96. The summed E-state index contributed by atoms with van der Waals surface area (Å²) in [6.45, 7) is 12.2. The monoisotopic (exact) mass is 251 g/mol. The van der Waals surface area contributed by atoms with Crippen LogP contribution in [-0.2, 0) is 0 Å². The van der Waals surface area contributed by atoms with Crippen LogP contribution in [0.15, 0.2) is 0 Å². The maximum absolute atomic E-state index is 3.64. The Hall–Kier alpha value is -0.0400. The molecule has 0 aromatic heterocycles. The molecule has 3 unspecified atom stereocenters. The molecule has 106 valence electrons. The molecule has 0 amide bonds. The van der Waals surface area contributed by atoms with Crippen LogP contribution in [0.4, 0.5) is 0 Å². The molecule has 2 rings (SSSR count). The Bertz CT molecular complexity index is 254. The van der Waals surface area contributed by atoms with Crippen LogP contribution >= 0.6 is 0 Å². The second kappa shape index (κ2) is 5.94. The van der Waals surface area contributed by atoms with Crippen LogP contribution in [-0.4, -0.2) is 13.1 Å². The molecule has 1 aliphatic carbocycles. The number of piperidine rings is 1. The normalized spacial score (nSPS) is 37.7. The first-order valence-corrected chi connectivity index (χ1v) is 8.24. The summed E-state index contributed by atoms with van der Waals surface area (Å²) in [5.74, 6) is 3.65. The van der Waals surface area contributed by atoms with Gasteiger partial charge in [-0.3, -0.25) is 0 Å². The van der Waals surface area contributed by atoms with Crippen molar-refractivity contribution in [3.05, 3.63) is 0 Å². The molecule has 0 aromatic carbocycles. The van der Waals surface area contributed by atoms with E-state index in [2.05, 4.69) is 33.0 Å². The predicted molar refractivity (Wildman–Crippen MR) is 79.7 cm³/mol. The summed E-state index contributed by atoms with van der Waals surface area (Å²) in [5, 5.41) is 3.64. The Morgan fingerprint density at radius 3 is 2.61 bits per heavy atom. The fourth-order valence-electron chi connectivity index (χ4n) is 4.89. The molecule has 1 saturated carbocycles. The van der Waals surface area contributed by atoms with E-state index in [4.69, 9.17) is 0 Å². The largest absolute Gasteiger partial charge is 0.316 e. The van der Waals surface area contributed by atoms with E-state index in [0.717, 1.165) is 23.7 Å². The molecule has 1 nitrogen and oxygen atoms in total. The zero-order chi connectivity index (χ0) is 13.2. The van der Waals surface area contributed by atoms with E-state index in [1.54, 1.807) is 0 Å². The molecule has 1 heteroatoms. The first-order valence-electron chi connectivity index (χ1n) is 8.24. The number of nitrogens with one attached hydrogen (secondary N) is 1. The fourth-order valence-corrected chi connectivity index (χ4v) is 4.89. The van der Waals surface area contributed by atoms with Crippen molar-refractivity contribution < 1.29 is 0 Å². The van der Waals surface area contributed by atoms with Gasteiger partial charge < -0.3 is 5.32 Å². The minimum absolute atomic E-state index is 0.692. The third-order valence-corrected chi connectivity index (χ3v) is 5.54.